The van der Waals surface area contributed by atoms with E-state index in [1.807, 2.05) is 19.2 Å². The first-order valence-corrected chi connectivity index (χ1v) is 9.10. The molecular formula is C19H33IN4O. The Kier molecular flexibility index (Phi) is 10.9. The summed E-state index contributed by atoms with van der Waals surface area (Å²) in [5.41, 5.74) is 1.25. The number of rotatable bonds is 7. The van der Waals surface area contributed by atoms with E-state index in [1.54, 1.807) is 0 Å². The lowest BCUT2D eigenvalue weighted by Gasteiger charge is -2.32. The van der Waals surface area contributed by atoms with Gasteiger partial charge in [0.2, 0.25) is 0 Å². The summed E-state index contributed by atoms with van der Waals surface area (Å²) in [5, 5.41) is 6.87. The molecule has 1 aliphatic rings. The Bertz CT molecular complexity index is 499. The number of likely N-dealkylation sites (tertiary alicyclic amines) is 1. The fourth-order valence-electron chi connectivity index (χ4n) is 2.98. The van der Waals surface area contributed by atoms with Gasteiger partial charge in [0, 0.05) is 26.2 Å². The van der Waals surface area contributed by atoms with E-state index in [4.69, 9.17) is 4.74 Å². The van der Waals surface area contributed by atoms with Gasteiger partial charge in [-0.3, -0.25) is 4.99 Å². The Morgan fingerprint density at radius 1 is 1.24 bits per heavy atom. The third-order valence-electron chi connectivity index (χ3n) is 4.38. The van der Waals surface area contributed by atoms with Crippen molar-refractivity contribution in [2.75, 3.05) is 39.8 Å². The number of halogens is 1. The van der Waals surface area contributed by atoms with Gasteiger partial charge in [-0.05, 0) is 44.9 Å². The van der Waals surface area contributed by atoms with Crippen molar-refractivity contribution in [2.45, 2.75) is 39.2 Å². The number of ether oxygens (including phenoxy) is 1. The summed E-state index contributed by atoms with van der Waals surface area (Å²) < 4.78 is 5.73. The lowest BCUT2D eigenvalue weighted by Crippen LogP contribution is -2.49. The van der Waals surface area contributed by atoms with E-state index in [0.717, 1.165) is 18.3 Å². The number of aryl methyl sites for hydroxylation is 1. The number of nitrogens with zero attached hydrogens (tertiary/aromatic N) is 2. The molecular weight excluding hydrogens is 427 g/mol. The SMILES string of the molecule is CCCN1CCC(NC(=NC)NCCOc2ccc(C)cc2)CC1.I. The first kappa shape index (κ1) is 22.0. The lowest BCUT2D eigenvalue weighted by atomic mass is 10.1. The Morgan fingerprint density at radius 3 is 2.52 bits per heavy atom. The molecule has 0 bridgehead atoms. The smallest absolute Gasteiger partial charge is 0.191 e. The van der Waals surface area contributed by atoms with Crippen LogP contribution in [-0.4, -0.2) is 56.7 Å². The van der Waals surface area contributed by atoms with Crippen LogP contribution in [0.2, 0.25) is 0 Å². The molecule has 1 fully saturated rings. The molecule has 142 valence electrons. The second-order valence-electron chi connectivity index (χ2n) is 6.42. The van der Waals surface area contributed by atoms with Gasteiger partial charge in [-0.2, -0.15) is 0 Å². The van der Waals surface area contributed by atoms with Gasteiger partial charge >= 0.3 is 0 Å². The fraction of sp³-hybridized carbons (Fsp3) is 0.632. The molecule has 1 aromatic rings. The molecule has 0 atom stereocenters. The summed E-state index contributed by atoms with van der Waals surface area (Å²) in [6, 6.07) is 8.66. The minimum absolute atomic E-state index is 0. The van der Waals surface area contributed by atoms with E-state index in [1.165, 1.54) is 44.5 Å². The first-order valence-electron chi connectivity index (χ1n) is 9.10. The maximum Gasteiger partial charge on any atom is 0.191 e. The largest absolute Gasteiger partial charge is 0.492 e. The maximum atomic E-state index is 5.73. The molecule has 6 heteroatoms. The topological polar surface area (TPSA) is 48.9 Å². The third kappa shape index (κ3) is 8.27. The number of benzene rings is 1. The van der Waals surface area contributed by atoms with Gasteiger partial charge in [0.15, 0.2) is 5.96 Å². The van der Waals surface area contributed by atoms with Gasteiger partial charge in [-0.15, -0.1) is 24.0 Å². The van der Waals surface area contributed by atoms with Crippen LogP contribution in [0.1, 0.15) is 31.7 Å². The van der Waals surface area contributed by atoms with Crippen molar-refractivity contribution in [1.82, 2.24) is 15.5 Å². The second-order valence-corrected chi connectivity index (χ2v) is 6.42. The monoisotopic (exact) mass is 460 g/mol. The van der Waals surface area contributed by atoms with Crippen molar-refractivity contribution in [2.24, 2.45) is 4.99 Å². The highest BCUT2D eigenvalue weighted by atomic mass is 127. The summed E-state index contributed by atoms with van der Waals surface area (Å²) >= 11 is 0. The number of aliphatic imine (C=N–C) groups is 1. The van der Waals surface area contributed by atoms with E-state index in [2.05, 4.69) is 46.5 Å². The number of guanidine groups is 1. The predicted molar refractivity (Wildman–Crippen MR) is 116 cm³/mol. The Balaban J connectivity index is 0.00000312. The molecule has 0 saturated carbocycles. The van der Waals surface area contributed by atoms with Crippen LogP contribution in [0.15, 0.2) is 29.3 Å². The van der Waals surface area contributed by atoms with Crippen LogP contribution in [0.25, 0.3) is 0 Å². The highest BCUT2D eigenvalue weighted by molar-refractivity contribution is 14.0. The Hall–Kier alpha value is -1.02. The number of piperidine rings is 1. The number of hydrogen-bond acceptors (Lipinski definition) is 3. The lowest BCUT2D eigenvalue weighted by molar-refractivity contribution is 0.206. The average Bonchev–Trinajstić information content (AvgIpc) is 2.61. The molecule has 1 aliphatic heterocycles. The van der Waals surface area contributed by atoms with Crippen molar-refractivity contribution in [1.29, 1.82) is 0 Å². The minimum Gasteiger partial charge on any atom is -0.492 e. The zero-order valence-corrected chi connectivity index (χ0v) is 18.1. The van der Waals surface area contributed by atoms with Gasteiger partial charge in [-0.1, -0.05) is 24.6 Å². The van der Waals surface area contributed by atoms with Crippen molar-refractivity contribution < 1.29 is 4.74 Å². The van der Waals surface area contributed by atoms with Crippen LogP contribution in [0.4, 0.5) is 0 Å². The molecule has 0 amide bonds. The molecule has 1 saturated heterocycles. The van der Waals surface area contributed by atoms with Crippen LogP contribution in [0.5, 0.6) is 5.75 Å². The predicted octanol–water partition coefficient (Wildman–Crippen LogP) is 3.03. The molecule has 0 spiro atoms. The van der Waals surface area contributed by atoms with Crippen molar-refractivity contribution in [3.05, 3.63) is 29.8 Å². The fourth-order valence-corrected chi connectivity index (χ4v) is 2.98. The minimum atomic E-state index is 0. The van der Waals surface area contributed by atoms with Crippen molar-refractivity contribution in [3.63, 3.8) is 0 Å². The standard InChI is InChI=1S/C19H32N4O.HI/c1-4-12-23-13-9-17(10-14-23)22-19(20-3)21-11-15-24-18-7-5-16(2)6-8-18;/h5-8,17H,4,9-15H2,1-3H3,(H2,20,21,22);1H. The van der Waals surface area contributed by atoms with Crippen LogP contribution >= 0.6 is 24.0 Å². The molecule has 0 unspecified atom stereocenters. The van der Waals surface area contributed by atoms with E-state index in [9.17, 15) is 0 Å². The molecule has 25 heavy (non-hydrogen) atoms. The summed E-state index contributed by atoms with van der Waals surface area (Å²) in [5.74, 6) is 1.78. The molecule has 0 radical (unpaired) electrons. The Labute approximate surface area is 169 Å². The van der Waals surface area contributed by atoms with Gasteiger partial charge < -0.3 is 20.3 Å². The summed E-state index contributed by atoms with van der Waals surface area (Å²) in [6.45, 7) is 9.26. The molecule has 2 rings (SSSR count). The van der Waals surface area contributed by atoms with Crippen molar-refractivity contribution >= 4 is 29.9 Å². The normalized spacial score (nSPS) is 16.2. The molecule has 5 nitrogen and oxygen atoms in total. The first-order chi connectivity index (χ1) is 11.7. The summed E-state index contributed by atoms with van der Waals surface area (Å²) in [4.78, 5) is 6.86. The molecule has 2 N–H and O–H groups in total. The summed E-state index contributed by atoms with van der Waals surface area (Å²) in [6.07, 6.45) is 3.60. The quantitative estimate of drug-likeness (QED) is 0.284. The van der Waals surface area contributed by atoms with Crippen LogP contribution in [0.3, 0.4) is 0 Å². The number of nitrogens with one attached hydrogen (secondary N) is 2. The second kappa shape index (κ2) is 12.4. The van der Waals surface area contributed by atoms with Crippen LogP contribution < -0.4 is 15.4 Å². The molecule has 0 aliphatic carbocycles. The van der Waals surface area contributed by atoms with E-state index in [-0.39, 0.29) is 24.0 Å². The Morgan fingerprint density at radius 2 is 1.92 bits per heavy atom. The van der Waals surface area contributed by atoms with E-state index >= 15 is 0 Å². The maximum absolute atomic E-state index is 5.73. The third-order valence-corrected chi connectivity index (χ3v) is 4.38. The highest BCUT2D eigenvalue weighted by Gasteiger charge is 2.19. The van der Waals surface area contributed by atoms with Crippen LogP contribution in [0, 0.1) is 6.92 Å². The highest BCUT2D eigenvalue weighted by Crippen LogP contribution is 2.11. The average molecular weight is 460 g/mol. The molecule has 1 heterocycles. The van der Waals surface area contributed by atoms with E-state index < -0.39 is 0 Å². The zero-order valence-electron chi connectivity index (χ0n) is 15.8. The van der Waals surface area contributed by atoms with E-state index in [0.29, 0.717) is 12.6 Å². The van der Waals surface area contributed by atoms with Gasteiger partial charge in [-0.25, -0.2) is 0 Å². The van der Waals surface area contributed by atoms with Gasteiger partial charge in [0.1, 0.15) is 12.4 Å². The van der Waals surface area contributed by atoms with Gasteiger partial charge in [0.05, 0.1) is 6.54 Å². The summed E-state index contributed by atoms with van der Waals surface area (Å²) in [7, 11) is 1.82. The zero-order chi connectivity index (χ0) is 17.2. The molecule has 1 aromatic carbocycles. The van der Waals surface area contributed by atoms with Crippen LogP contribution in [-0.2, 0) is 0 Å². The number of hydrogen-bond donors (Lipinski definition) is 2. The van der Waals surface area contributed by atoms with Crippen molar-refractivity contribution in [3.8, 4) is 5.75 Å². The molecule has 0 aromatic heterocycles. The van der Waals surface area contributed by atoms with Gasteiger partial charge in [0.25, 0.3) is 0 Å².